The molecule has 0 spiro atoms. The molecular formula is C12H16ClN3O. The standard InChI is InChI=1S/C12H16ClN3O/c13-10-7-11(15-8-14-10)16-12(17)6-5-9-3-1-2-4-9/h7-9H,1-6H2,(H,14,15,16,17). The molecule has 1 aromatic rings. The molecule has 2 rings (SSSR count). The number of carbonyl (C=O) groups excluding carboxylic acids is 1. The van der Waals surface area contributed by atoms with E-state index < -0.39 is 0 Å². The Kier molecular flexibility index (Phi) is 4.31. The molecule has 17 heavy (non-hydrogen) atoms. The fourth-order valence-corrected chi connectivity index (χ4v) is 2.39. The molecule has 1 heterocycles. The monoisotopic (exact) mass is 253 g/mol. The summed E-state index contributed by atoms with van der Waals surface area (Å²) in [6, 6.07) is 1.55. The Hall–Kier alpha value is -1.16. The van der Waals surface area contributed by atoms with E-state index in [4.69, 9.17) is 11.6 Å². The molecule has 1 saturated carbocycles. The van der Waals surface area contributed by atoms with Crippen LogP contribution in [-0.2, 0) is 4.79 Å². The van der Waals surface area contributed by atoms with Gasteiger partial charge in [0.05, 0.1) is 0 Å². The van der Waals surface area contributed by atoms with Crippen LogP contribution in [-0.4, -0.2) is 15.9 Å². The van der Waals surface area contributed by atoms with Gasteiger partial charge in [-0.25, -0.2) is 9.97 Å². The lowest BCUT2D eigenvalue weighted by Gasteiger charge is -2.08. The minimum Gasteiger partial charge on any atom is -0.311 e. The van der Waals surface area contributed by atoms with Gasteiger partial charge in [-0.3, -0.25) is 4.79 Å². The topological polar surface area (TPSA) is 54.9 Å². The highest BCUT2D eigenvalue weighted by atomic mass is 35.5. The third-order valence-electron chi connectivity index (χ3n) is 3.16. The summed E-state index contributed by atoms with van der Waals surface area (Å²) in [4.78, 5) is 19.4. The van der Waals surface area contributed by atoms with Gasteiger partial charge in [0.15, 0.2) is 0 Å². The van der Waals surface area contributed by atoms with Crippen LogP contribution >= 0.6 is 11.6 Å². The maximum atomic E-state index is 11.7. The van der Waals surface area contributed by atoms with Crippen LogP contribution in [0.25, 0.3) is 0 Å². The Morgan fingerprint density at radius 1 is 1.41 bits per heavy atom. The van der Waals surface area contributed by atoms with Gasteiger partial charge in [-0.2, -0.15) is 0 Å². The van der Waals surface area contributed by atoms with Crippen LogP contribution in [0.3, 0.4) is 0 Å². The van der Waals surface area contributed by atoms with Gasteiger partial charge in [-0.1, -0.05) is 37.3 Å². The summed E-state index contributed by atoms with van der Waals surface area (Å²) in [5.74, 6) is 1.21. The first-order chi connectivity index (χ1) is 8.24. The SMILES string of the molecule is O=C(CCC1CCCC1)Nc1cc(Cl)ncn1. The predicted molar refractivity (Wildman–Crippen MR) is 66.9 cm³/mol. The summed E-state index contributed by atoms with van der Waals surface area (Å²) in [6.07, 6.45) is 8.05. The Labute approximate surface area is 106 Å². The quantitative estimate of drug-likeness (QED) is 0.839. The van der Waals surface area contributed by atoms with E-state index in [9.17, 15) is 4.79 Å². The highest BCUT2D eigenvalue weighted by Gasteiger charge is 2.16. The van der Waals surface area contributed by atoms with Gasteiger partial charge >= 0.3 is 0 Å². The summed E-state index contributed by atoms with van der Waals surface area (Å²) in [7, 11) is 0. The average Bonchev–Trinajstić information content (AvgIpc) is 2.79. The lowest BCUT2D eigenvalue weighted by atomic mass is 10.0. The molecule has 4 nitrogen and oxygen atoms in total. The lowest BCUT2D eigenvalue weighted by Crippen LogP contribution is -2.13. The number of hydrogen-bond donors (Lipinski definition) is 1. The van der Waals surface area contributed by atoms with E-state index in [-0.39, 0.29) is 5.91 Å². The van der Waals surface area contributed by atoms with Gasteiger partial charge in [-0.05, 0) is 12.3 Å². The van der Waals surface area contributed by atoms with E-state index in [2.05, 4.69) is 15.3 Å². The van der Waals surface area contributed by atoms with Crippen molar-refractivity contribution in [2.75, 3.05) is 5.32 Å². The van der Waals surface area contributed by atoms with Crippen LogP contribution in [0, 0.1) is 5.92 Å². The van der Waals surface area contributed by atoms with E-state index in [0.29, 0.717) is 17.4 Å². The fourth-order valence-electron chi connectivity index (χ4n) is 2.24. The molecule has 1 N–H and O–H groups in total. The first kappa shape index (κ1) is 12.3. The Balaban J connectivity index is 1.76. The number of nitrogens with one attached hydrogen (secondary N) is 1. The highest BCUT2D eigenvalue weighted by molar-refractivity contribution is 6.29. The van der Waals surface area contributed by atoms with Gasteiger partial charge in [0.2, 0.25) is 5.91 Å². The second kappa shape index (κ2) is 5.96. The molecule has 0 atom stereocenters. The molecule has 0 unspecified atom stereocenters. The van der Waals surface area contributed by atoms with Gasteiger partial charge in [-0.15, -0.1) is 0 Å². The van der Waals surface area contributed by atoms with Crippen molar-refractivity contribution in [3.8, 4) is 0 Å². The van der Waals surface area contributed by atoms with E-state index in [1.165, 1.54) is 32.0 Å². The first-order valence-electron chi connectivity index (χ1n) is 6.01. The van der Waals surface area contributed by atoms with Crippen LogP contribution in [0.1, 0.15) is 38.5 Å². The second-order valence-corrected chi connectivity index (χ2v) is 4.85. The van der Waals surface area contributed by atoms with E-state index in [0.717, 1.165) is 12.3 Å². The van der Waals surface area contributed by atoms with Crippen LogP contribution in [0.2, 0.25) is 5.15 Å². The molecule has 0 aliphatic heterocycles. The van der Waals surface area contributed by atoms with Crippen molar-refractivity contribution in [2.45, 2.75) is 38.5 Å². The molecule has 1 amide bonds. The van der Waals surface area contributed by atoms with E-state index in [1.807, 2.05) is 0 Å². The third kappa shape index (κ3) is 3.97. The zero-order valence-electron chi connectivity index (χ0n) is 9.66. The summed E-state index contributed by atoms with van der Waals surface area (Å²) >= 11 is 5.71. The number of carbonyl (C=O) groups is 1. The molecule has 0 saturated heterocycles. The van der Waals surface area contributed by atoms with Crippen molar-refractivity contribution in [1.29, 1.82) is 0 Å². The van der Waals surface area contributed by atoms with Crippen molar-refractivity contribution < 1.29 is 4.79 Å². The minimum atomic E-state index is 0.00617. The maximum Gasteiger partial charge on any atom is 0.225 e. The Morgan fingerprint density at radius 2 is 2.18 bits per heavy atom. The highest BCUT2D eigenvalue weighted by Crippen LogP contribution is 2.28. The van der Waals surface area contributed by atoms with Crippen LogP contribution in [0.4, 0.5) is 5.82 Å². The van der Waals surface area contributed by atoms with Gasteiger partial charge in [0, 0.05) is 12.5 Å². The van der Waals surface area contributed by atoms with E-state index in [1.54, 1.807) is 6.07 Å². The van der Waals surface area contributed by atoms with Crippen molar-refractivity contribution >= 4 is 23.3 Å². The molecule has 0 radical (unpaired) electrons. The summed E-state index contributed by atoms with van der Waals surface area (Å²) in [6.45, 7) is 0. The smallest absolute Gasteiger partial charge is 0.225 e. The fraction of sp³-hybridized carbons (Fsp3) is 0.583. The third-order valence-corrected chi connectivity index (χ3v) is 3.36. The largest absolute Gasteiger partial charge is 0.311 e. The summed E-state index contributed by atoms with van der Waals surface area (Å²) in [5, 5.41) is 3.07. The number of aromatic nitrogens is 2. The summed E-state index contributed by atoms with van der Waals surface area (Å²) < 4.78 is 0. The Morgan fingerprint density at radius 3 is 2.88 bits per heavy atom. The zero-order valence-corrected chi connectivity index (χ0v) is 10.4. The predicted octanol–water partition coefficient (Wildman–Crippen LogP) is 3.04. The minimum absolute atomic E-state index is 0.00617. The zero-order chi connectivity index (χ0) is 12.1. The van der Waals surface area contributed by atoms with Crippen molar-refractivity contribution in [2.24, 2.45) is 5.92 Å². The summed E-state index contributed by atoms with van der Waals surface area (Å²) in [5.41, 5.74) is 0. The molecule has 5 heteroatoms. The number of hydrogen-bond acceptors (Lipinski definition) is 3. The molecule has 1 aliphatic carbocycles. The van der Waals surface area contributed by atoms with Crippen molar-refractivity contribution in [3.63, 3.8) is 0 Å². The number of halogens is 1. The normalized spacial score (nSPS) is 16.1. The van der Waals surface area contributed by atoms with Crippen LogP contribution in [0.5, 0.6) is 0 Å². The first-order valence-corrected chi connectivity index (χ1v) is 6.39. The second-order valence-electron chi connectivity index (χ2n) is 4.46. The van der Waals surface area contributed by atoms with Gasteiger partial charge < -0.3 is 5.32 Å². The molecule has 1 aliphatic rings. The average molecular weight is 254 g/mol. The van der Waals surface area contributed by atoms with E-state index >= 15 is 0 Å². The molecular weight excluding hydrogens is 238 g/mol. The van der Waals surface area contributed by atoms with Gasteiger partial charge in [0.25, 0.3) is 0 Å². The van der Waals surface area contributed by atoms with Crippen LogP contribution in [0.15, 0.2) is 12.4 Å². The van der Waals surface area contributed by atoms with Crippen molar-refractivity contribution in [3.05, 3.63) is 17.5 Å². The molecule has 1 aromatic heterocycles. The molecule has 92 valence electrons. The Bertz CT molecular complexity index is 391. The molecule has 1 fully saturated rings. The molecule has 0 bridgehead atoms. The maximum absolute atomic E-state index is 11.7. The van der Waals surface area contributed by atoms with Crippen molar-refractivity contribution in [1.82, 2.24) is 9.97 Å². The molecule has 0 aromatic carbocycles. The van der Waals surface area contributed by atoms with Crippen LogP contribution < -0.4 is 5.32 Å². The number of amides is 1. The van der Waals surface area contributed by atoms with Gasteiger partial charge in [0.1, 0.15) is 17.3 Å². The number of nitrogens with zero attached hydrogens (tertiary/aromatic N) is 2. The lowest BCUT2D eigenvalue weighted by molar-refractivity contribution is -0.116. The number of anilines is 1. The number of rotatable bonds is 4.